The van der Waals surface area contributed by atoms with Gasteiger partial charge in [-0.1, -0.05) is 29.8 Å². The molecule has 1 aliphatic heterocycles. The average molecular weight is 341 g/mol. The number of aromatic nitrogens is 1. The van der Waals surface area contributed by atoms with Gasteiger partial charge in [-0.3, -0.25) is 4.90 Å². The van der Waals surface area contributed by atoms with E-state index in [2.05, 4.69) is 4.90 Å². The van der Waals surface area contributed by atoms with Crippen LogP contribution in [0.1, 0.15) is 5.69 Å². The van der Waals surface area contributed by atoms with Crippen LogP contribution >= 0.6 is 11.6 Å². The molecule has 5 nitrogen and oxygen atoms in total. The first kappa shape index (κ1) is 15.6. The van der Waals surface area contributed by atoms with Crippen molar-refractivity contribution in [2.75, 3.05) is 26.3 Å². The van der Waals surface area contributed by atoms with Crippen molar-refractivity contribution in [3.8, 4) is 0 Å². The molecule has 0 atom stereocenters. The van der Waals surface area contributed by atoms with E-state index in [1.807, 2.05) is 0 Å². The first-order valence-electron chi connectivity index (χ1n) is 7.05. The molecule has 0 saturated carbocycles. The summed E-state index contributed by atoms with van der Waals surface area (Å²) in [5, 5.41) is 0.419. The van der Waals surface area contributed by atoms with Crippen LogP contribution in [0.5, 0.6) is 0 Å². The van der Waals surface area contributed by atoms with E-state index in [0.29, 0.717) is 30.5 Å². The highest BCUT2D eigenvalue weighted by Crippen LogP contribution is 2.22. The number of hydrogen-bond acceptors (Lipinski definition) is 4. The molecule has 22 heavy (non-hydrogen) atoms. The third-order valence-electron chi connectivity index (χ3n) is 3.62. The number of nitrogens with zero attached hydrogens (tertiary/aromatic N) is 2. The van der Waals surface area contributed by atoms with E-state index in [0.717, 1.165) is 13.1 Å². The van der Waals surface area contributed by atoms with Gasteiger partial charge in [-0.2, -0.15) is 0 Å². The summed E-state index contributed by atoms with van der Waals surface area (Å²) in [6.45, 7) is 3.43. The highest BCUT2D eigenvalue weighted by Gasteiger charge is 2.22. The molecular weight excluding hydrogens is 324 g/mol. The maximum Gasteiger partial charge on any atom is 0.267 e. The Morgan fingerprint density at radius 1 is 1.14 bits per heavy atom. The fourth-order valence-corrected chi connectivity index (χ4v) is 4.17. The molecular formula is C15H17ClN2O3S. The van der Waals surface area contributed by atoms with Crippen LogP contribution in [-0.2, 0) is 21.3 Å². The highest BCUT2D eigenvalue weighted by molar-refractivity contribution is 7.90. The zero-order valence-corrected chi connectivity index (χ0v) is 13.6. The molecule has 0 N–H and O–H groups in total. The van der Waals surface area contributed by atoms with Crippen molar-refractivity contribution in [1.82, 2.24) is 8.87 Å². The van der Waals surface area contributed by atoms with Gasteiger partial charge in [-0.15, -0.1) is 0 Å². The van der Waals surface area contributed by atoms with Crippen LogP contribution in [0.4, 0.5) is 0 Å². The molecule has 1 aromatic carbocycles. The fourth-order valence-electron chi connectivity index (χ4n) is 2.49. The standard InChI is InChI=1S/C15H17ClN2O3S/c16-13-10-14(12-17-6-8-21-9-7-17)18(11-13)22(19,20)15-4-2-1-3-5-15/h1-5,10-11H,6-9,12H2. The smallest absolute Gasteiger partial charge is 0.267 e. The van der Waals surface area contributed by atoms with E-state index in [1.165, 1.54) is 10.2 Å². The van der Waals surface area contributed by atoms with E-state index in [9.17, 15) is 8.42 Å². The topological polar surface area (TPSA) is 51.5 Å². The summed E-state index contributed by atoms with van der Waals surface area (Å²) in [6.07, 6.45) is 1.46. The summed E-state index contributed by atoms with van der Waals surface area (Å²) >= 11 is 6.05. The number of hydrogen-bond donors (Lipinski definition) is 0. The van der Waals surface area contributed by atoms with Crippen molar-refractivity contribution in [1.29, 1.82) is 0 Å². The van der Waals surface area contributed by atoms with E-state index < -0.39 is 10.0 Å². The van der Waals surface area contributed by atoms with Gasteiger partial charge in [0.2, 0.25) is 0 Å². The minimum Gasteiger partial charge on any atom is -0.379 e. The average Bonchev–Trinajstić information content (AvgIpc) is 2.90. The maximum atomic E-state index is 12.8. The van der Waals surface area contributed by atoms with Crippen LogP contribution in [0, 0.1) is 0 Å². The number of rotatable bonds is 4. The Hall–Kier alpha value is -1.34. The molecule has 1 aromatic heterocycles. The number of morpholine rings is 1. The molecule has 0 bridgehead atoms. The van der Waals surface area contributed by atoms with Gasteiger partial charge in [0.25, 0.3) is 10.0 Å². The molecule has 1 aliphatic rings. The maximum absolute atomic E-state index is 12.8. The van der Waals surface area contributed by atoms with Crippen LogP contribution < -0.4 is 0 Å². The van der Waals surface area contributed by atoms with Gasteiger partial charge in [0, 0.05) is 31.5 Å². The van der Waals surface area contributed by atoms with Crippen LogP contribution in [0.25, 0.3) is 0 Å². The Bertz CT molecular complexity index is 737. The highest BCUT2D eigenvalue weighted by atomic mass is 35.5. The molecule has 0 radical (unpaired) electrons. The largest absolute Gasteiger partial charge is 0.379 e. The van der Waals surface area contributed by atoms with E-state index >= 15 is 0 Å². The van der Waals surface area contributed by atoms with Crippen molar-refractivity contribution >= 4 is 21.6 Å². The predicted molar refractivity (Wildman–Crippen MR) is 84.6 cm³/mol. The molecule has 2 heterocycles. The molecule has 1 saturated heterocycles. The second-order valence-corrected chi connectivity index (χ2v) is 7.40. The van der Waals surface area contributed by atoms with E-state index in [-0.39, 0.29) is 4.90 Å². The number of ether oxygens (including phenoxy) is 1. The van der Waals surface area contributed by atoms with Crippen molar-refractivity contribution < 1.29 is 13.2 Å². The monoisotopic (exact) mass is 340 g/mol. The second kappa shape index (κ2) is 6.42. The van der Waals surface area contributed by atoms with Crippen LogP contribution in [0.3, 0.4) is 0 Å². The second-order valence-electron chi connectivity index (χ2n) is 5.15. The van der Waals surface area contributed by atoms with Gasteiger partial charge in [-0.25, -0.2) is 12.4 Å². The first-order valence-corrected chi connectivity index (χ1v) is 8.87. The third-order valence-corrected chi connectivity index (χ3v) is 5.55. The first-order chi connectivity index (χ1) is 10.6. The summed E-state index contributed by atoms with van der Waals surface area (Å²) < 4.78 is 32.1. The Morgan fingerprint density at radius 2 is 1.82 bits per heavy atom. The van der Waals surface area contributed by atoms with Gasteiger partial charge in [-0.05, 0) is 18.2 Å². The lowest BCUT2D eigenvalue weighted by Crippen LogP contribution is -2.36. The van der Waals surface area contributed by atoms with Crippen molar-refractivity contribution in [3.05, 3.63) is 53.3 Å². The Morgan fingerprint density at radius 3 is 2.50 bits per heavy atom. The van der Waals surface area contributed by atoms with Gasteiger partial charge in [0.05, 0.1) is 23.1 Å². The Balaban J connectivity index is 1.94. The zero-order valence-electron chi connectivity index (χ0n) is 12.0. The number of benzene rings is 1. The Labute approximate surface area is 135 Å². The molecule has 7 heteroatoms. The molecule has 2 aromatic rings. The lowest BCUT2D eigenvalue weighted by Gasteiger charge is -2.26. The van der Waals surface area contributed by atoms with E-state index in [1.54, 1.807) is 36.4 Å². The lowest BCUT2D eigenvalue weighted by molar-refractivity contribution is 0.0336. The van der Waals surface area contributed by atoms with Crippen molar-refractivity contribution in [3.63, 3.8) is 0 Å². The third kappa shape index (κ3) is 3.20. The fraction of sp³-hybridized carbons (Fsp3) is 0.333. The van der Waals surface area contributed by atoms with E-state index in [4.69, 9.17) is 16.3 Å². The van der Waals surface area contributed by atoms with Gasteiger partial charge in [0.1, 0.15) is 0 Å². The Kier molecular flexibility index (Phi) is 4.54. The van der Waals surface area contributed by atoms with Crippen molar-refractivity contribution in [2.45, 2.75) is 11.4 Å². The molecule has 3 rings (SSSR count). The van der Waals surface area contributed by atoms with Gasteiger partial charge in [0.15, 0.2) is 0 Å². The minimum atomic E-state index is -3.63. The molecule has 0 spiro atoms. The van der Waals surface area contributed by atoms with Gasteiger partial charge < -0.3 is 4.74 Å². The predicted octanol–water partition coefficient (Wildman–Crippen LogP) is 2.21. The quantitative estimate of drug-likeness (QED) is 0.856. The molecule has 0 unspecified atom stereocenters. The van der Waals surface area contributed by atoms with Gasteiger partial charge >= 0.3 is 0 Å². The normalized spacial score (nSPS) is 16.8. The molecule has 118 valence electrons. The molecule has 1 fully saturated rings. The number of halogens is 1. The lowest BCUT2D eigenvalue weighted by atomic mass is 10.3. The summed E-state index contributed by atoms with van der Waals surface area (Å²) in [5.74, 6) is 0. The summed E-state index contributed by atoms with van der Waals surface area (Å²) in [4.78, 5) is 2.41. The summed E-state index contributed by atoms with van der Waals surface area (Å²) in [6, 6.07) is 10.1. The SMILES string of the molecule is O=S(=O)(c1ccccc1)n1cc(Cl)cc1CN1CCOCC1. The van der Waals surface area contributed by atoms with Crippen LogP contribution in [0.15, 0.2) is 47.5 Å². The van der Waals surface area contributed by atoms with Crippen LogP contribution in [-0.4, -0.2) is 43.6 Å². The summed E-state index contributed by atoms with van der Waals surface area (Å²) in [5.41, 5.74) is 0.663. The molecule has 0 aliphatic carbocycles. The zero-order chi connectivity index (χ0) is 15.6. The molecule has 0 amide bonds. The van der Waals surface area contributed by atoms with Crippen LogP contribution in [0.2, 0.25) is 5.02 Å². The van der Waals surface area contributed by atoms with Crippen molar-refractivity contribution in [2.24, 2.45) is 0 Å². The summed E-state index contributed by atoms with van der Waals surface area (Å²) in [7, 11) is -3.63. The minimum absolute atomic E-state index is 0.255.